The first kappa shape index (κ1) is 28.4. The predicted octanol–water partition coefficient (Wildman–Crippen LogP) is 6.59. The third-order valence-corrected chi connectivity index (χ3v) is 6.45. The molecule has 198 valence electrons. The van der Waals surface area contributed by atoms with Crippen LogP contribution in [0.3, 0.4) is 0 Å². The third kappa shape index (κ3) is 6.57. The standard InChI is InChI=1S/C27H29ClF3N3O3/c1-15(2)14-37-19-10-6-18(7-11-19)23-32-24(34-25(36)33-23)22-16(3)17(8-12-20(22)28)9-13-21(35)26(4,5)27(29,30)31/h6-8,10-12,15H,9,13-14H2,1-5H3,(H,32,33,34,36). The van der Waals surface area contributed by atoms with Crippen molar-refractivity contribution in [3.8, 4) is 28.5 Å². The van der Waals surface area contributed by atoms with Crippen LogP contribution < -0.4 is 10.4 Å². The summed E-state index contributed by atoms with van der Waals surface area (Å²) in [5.41, 5.74) is -0.851. The molecule has 0 fully saturated rings. The first-order chi connectivity index (χ1) is 17.2. The molecule has 0 spiro atoms. The van der Waals surface area contributed by atoms with Crippen molar-refractivity contribution in [2.24, 2.45) is 11.3 Å². The lowest BCUT2D eigenvalue weighted by Crippen LogP contribution is -2.39. The minimum absolute atomic E-state index is 0.0777. The monoisotopic (exact) mass is 535 g/mol. The second-order valence-electron chi connectivity index (χ2n) is 9.81. The number of benzene rings is 2. The number of nitrogens with zero attached hydrogens (tertiary/aromatic N) is 2. The highest BCUT2D eigenvalue weighted by Gasteiger charge is 2.51. The van der Waals surface area contributed by atoms with Gasteiger partial charge in [0.25, 0.3) is 0 Å². The summed E-state index contributed by atoms with van der Waals surface area (Å²) in [6.45, 7) is 8.14. The first-order valence-electron chi connectivity index (χ1n) is 11.8. The smallest absolute Gasteiger partial charge is 0.400 e. The lowest BCUT2D eigenvalue weighted by Gasteiger charge is -2.26. The van der Waals surface area contributed by atoms with E-state index in [9.17, 15) is 22.8 Å². The molecule has 0 atom stereocenters. The summed E-state index contributed by atoms with van der Waals surface area (Å²) < 4.78 is 45.4. The molecule has 1 N–H and O–H groups in total. The molecule has 1 aromatic heterocycles. The van der Waals surface area contributed by atoms with Crippen LogP contribution in [0.2, 0.25) is 5.02 Å². The number of rotatable bonds is 9. The van der Waals surface area contributed by atoms with Crippen LogP contribution in [-0.2, 0) is 11.2 Å². The average molecular weight is 536 g/mol. The predicted molar refractivity (Wildman–Crippen MR) is 137 cm³/mol. The van der Waals surface area contributed by atoms with E-state index in [4.69, 9.17) is 16.3 Å². The molecular formula is C27H29ClF3N3O3. The molecule has 10 heteroatoms. The number of alkyl halides is 3. The molecule has 1 heterocycles. The number of carbonyl (C=O) groups is 1. The molecule has 0 saturated heterocycles. The Kier molecular flexibility index (Phi) is 8.47. The molecule has 0 radical (unpaired) electrons. The van der Waals surface area contributed by atoms with Gasteiger partial charge in [0.2, 0.25) is 0 Å². The zero-order valence-electron chi connectivity index (χ0n) is 21.3. The molecule has 0 saturated carbocycles. The fraction of sp³-hybridized carbons (Fsp3) is 0.407. The Bertz CT molecular complexity index is 1330. The number of H-pyrrole nitrogens is 1. The number of ether oxygens (including phenoxy) is 1. The molecule has 0 unspecified atom stereocenters. The lowest BCUT2D eigenvalue weighted by molar-refractivity contribution is -0.210. The highest BCUT2D eigenvalue weighted by Crippen LogP contribution is 2.39. The van der Waals surface area contributed by atoms with Crippen molar-refractivity contribution in [2.45, 2.75) is 53.6 Å². The number of aromatic nitrogens is 3. The topological polar surface area (TPSA) is 84.9 Å². The van der Waals surface area contributed by atoms with Crippen molar-refractivity contribution in [3.63, 3.8) is 0 Å². The van der Waals surface area contributed by atoms with Gasteiger partial charge < -0.3 is 4.74 Å². The maximum absolute atomic E-state index is 13.2. The van der Waals surface area contributed by atoms with Crippen LogP contribution in [0.15, 0.2) is 41.2 Å². The van der Waals surface area contributed by atoms with Crippen molar-refractivity contribution in [1.82, 2.24) is 15.0 Å². The largest absolute Gasteiger partial charge is 0.493 e. The number of ketones is 1. The number of halogens is 4. The molecule has 2 aromatic carbocycles. The highest BCUT2D eigenvalue weighted by molar-refractivity contribution is 6.33. The van der Waals surface area contributed by atoms with Gasteiger partial charge in [-0.05, 0) is 74.6 Å². The first-order valence-corrected chi connectivity index (χ1v) is 12.2. The zero-order valence-corrected chi connectivity index (χ0v) is 22.0. The van der Waals surface area contributed by atoms with Crippen molar-refractivity contribution < 1.29 is 22.7 Å². The van der Waals surface area contributed by atoms with E-state index in [2.05, 4.69) is 15.0 Å². The number of carbonyl (C=O) groups excluding carboxylic acids is 1. The van der Waals surface area contributed by atoms with Crippen LogP contribution in [0.4, 0.5) is 13.2 Å². The van der Waals surface area contributed by atoms with Gasteiger partial charge in [-0.2, -0.15) is 18.2 Å². The Hall–Kier alpha value is -3.20. The minimum atomic E-state index is -4.64. The van der Waals surface area contributed by atoms with Gasteiger partial charge in [0, 0.05) is 17.5 Å². The normalized spacial score (nSPS) is 12.2. The summed E-state index contributed by atoms with van der Waals surface area (Å²) in [5, 5.41) is 0.293. The molecule has 3 rings (SSSR count). The van der Waals surface area contributed by atoms with E-state index in [0.29, 0.717) is 45.6 Å². The number of hydrogen-bond donors (Lipinski definition) is 1. The summed E-state index contributed by atoms with van der Waals surface area (Å²) in [6, 6.07) is 10.2. The van der Waals surface area contributed by atoms with Gasteiger partial charge in [-0.3, -0.25) is 9.78 Å². The van der Waals surface area contributed by atoms with Gasteiger partial charge in [0.1, 0.15) is 22.8 Å². The molecule has 0 bridgehead atoms. The van der Waals surface area contributed by atoms with E-state index in [1.54, 1.807) is 43.3 Å². The maximum atomic E-state index is 13.2. The quantitative estimate of drug-likeness (QED) is 0.334. The molecule has 0 amide bonds. The molecular weight excluding hydrogens is 507 g/mol. The summed E-state index contributed by atoms with van der Waals surface area (Å²) in [4.78, 5) is 35.8. The molecule has 0 aliphatic carbocycles. The van der Waals surface area contributed by atoms with Crippen molar-refractivity contribution in [3.05, 3.63) is 63.0 Å². The molecule has 0 aliphatic heterocycles. The highest BCUT2D eigenvalue weighted by atomic mass is 35.5. The number of aromatic amines is 1. The Balaban J connectivity index is 1.91. The van der Waals surface area contributed by atoms with E-state index >= 15 is 0 Å². The molecule has 6 nitrogen and oxygen atoms in total. The number of aryl methyl sites for hydroxylation is 1. The van der Waals surface area contributed by atoms with E-state index < -0.39 is 23.1 Å². The van der Waals surface area contributed by atoms with Gasteiger partial charge in [-0.25, -0.2) is 9.78 Å². The van der Waals surface area contributed by atoms with E-state index in [0.717, 1.165) is 13.8 Å². The number of Topliss-reactive ketones (excluding diaryl/α,β-unsaturated/α-hetero) is 1. The number of hydrogen-bond acceptors (Lipinski definition) is 5. The van der Waals surface area contributed by atoms with Crippen molar-refractivity contribution in [2.75, 3.05) is 6.61 Å². The van der Waals surface area contributed by atoms with E-state index in [1.165, 1.54) is 0 Å². The lowest BCUT2D eigenvalue weighted by atomic mass is 9.84. The van der Waals surface area contributed by atoms with Crippen LogP contribution in [0.25, 0.3) is 22.8 Å². The summed E-state index contributed by atoms with van der Waals surface area (Å²) in [7, 11) is 0. The fourth-order valence-corrected chi connectivity index (χ4v) is 3.89. The molecule has 37 heavy (non-hydrogen) atoms. The van der Waals surface area contributed by atoms with Gasteiger partial charge in [0.15, 0.2) is 5.82 Å². The second kappa shape index (κ2) is 11.0. The molecule has 0 aliphatic rings. The van der Waals surface area contributed by atoms with E-state index in [1.807, 2.05) is 13.8 Å². The third-order valence-electron chi connectivity index (χ3n) is 6.14. The minimum Gasteiger partial charge on any atom is -0.493 e. The molecule has 3 aromatic rings. The van der Waals surface area contributed by atoms with Crippen molar-refractivity contribution in [1.29, 1.82) is 0 Å². The summed E-state index contributed by atoms with van der Waals surface area (Å²) in [5.74, 6) is 0.488. The Labute approximate surface area is 218 Å². The van der Waals surface area contributed by atoms with Crippen LogP contribution in [0, 0.1) is 18.3 Å². The van der Waals surface area contributed by atoms with Gasteiger partial charge in [0.05, 0.1) is 11.6 Å². The van der Waals surface area contributed by atoms with Gasteiger partial charge in [-0.1, -0.05) is 31.5 Å². The Morgan fingerprint density at radius 1 is 1.08 bits per heavy atom. The van der Waals surface area contributed by atoms with Crippen LogP contribution in [-0.4, -0.2) is 33.5 Å². The van der Waals surface area contributed by atoms with Crippen LogP contribution in [0.5, 0.6) is 5.75 Å². The maximum Gasteiger partial charge on any atom is 0.400 e. The van der Waals surface area contributed by atoms with Crippen LogP contribution >= 0.6 is 11.6 Å². The summed E-state index contributed by atoms with van der Waals surface area (Å²) in [6.07, 6.45) is -4.86. The second-order valence-corrected chi connectivity index (χ2v) is 10.2. The van der Waals surface area contributed by atoms with E-state index in [-0.39, 0.29) is 24.5 Å². The zero-order chi connectivity index (χ0) is 27.5. The number of nitrogens with one attached hydrogen (secondary N) is 1. The van der Waals surface area contributed by atoms with Gasteiger partial charge >= 0.3 is 11.9 Å². The fourth-order valence-electron chi connectivity index (χ4n) is 3.60. The summed E-state index contributed by atoms with van der Waals surface area (Å²) >= 11 is 6.45. The Morgan fingerprint density at radius 2 is 1.73 bits per heavy atom. The Morgan fingerprint density at radius 3 is 2.32 bits per heavy atom. The van der Waals surface area contributed by atoms with Crippen LogP contribution in [0.1, 0.15) is 45.2 Å². The SMILES string of the molecule is Cc1c(CCC(=O)C(C)(C)C(F)(F)F)ccc(Cl)c1-c1nc(-c2ccc(OCC(C)C)cc2)nc(=O)[nH]1. The average Bonchev–Trinajstić information content (AvgIpc) is 2.81. The van der Waals surface area contributed by atoms with Gasteiger partial charge in [-0.15, -0.1) is 0 Å². The van der Waals surface area contributed by atoms with Crippen molar-refractivity contribution >= 4 is 17.4 Å².